The average molecular weight is 361 g/mol. The number of amides is 1. The molecule has 2 fully saturated rings. The van der Waals surface area contributed by atoms with Crippen LogP contribution in [0.15, 0.2) is 24.3 Å². The van der Waals surface area contributed by atoms with Crippen LogP contribution in [0.4, 0.5) is 5.69 Å². The first-order chi connectivity index (χ1) is 12.6. The van der Waals surface area contributed by atoms with E-state index in [-0.39, 0.29) is 18.4 Å². The van der Waals surface area contributed by atoms with Gasteiger partial charge < -0.3 is 24.5 Å². The fraction of sp³-hybridized carbons (Fsp3) is 0.650. The monoisotopic (exact) mass is 361 g/mol. The number of hydrogen-bond donors (Lipinski definition) is 1. The number of aliphatic hydroxyl groups excluding tert-OH is 1. The van der Waals surface area contributed by atoms with Crippen LogP contribution in [0.25, 0.3) is 0 Å². The molecule has 6 heteroatoms. The molecule has 0 aliphatic carbocycles. The van der Waals surface area contributed by atoms with Gasteiger partial charge in [0.05, 0.1) is 13.2 Å². The van der Waals surface area contributed by atoms with Crippen molar-refractivity contribution in [3.63, 3.8) is 0 Å². The fourth-order valence-corrected chi connectivity index (χ4v) is 3.87. The molecule has 1 aromatic rings. The van der Waals surface area contributed by atoms with Crippen LogP contribution in [0.1, 0.15) is 17.3 Å². The molecular formula is C20H31N3O3. The third-order valence-electron chi connectivity index (χ3n) is 5.67. The number of benzene rings is 1. The molecular weight excluding hydrogens is 330 g/mol. The third-order valence-corrected chi connectivity index (χ3v) is 5.67. The Bertz CT molecular complexity index is 586. The van der Waals surface area contributed by atoms with Crippen molar-refractivity contribution in [2.75, 3.05) is 71.0 Å². The lowest BCUT2D eigenvalue weighted by Gasteiger charge is -2.29. The second-order valence-corrected chi connectivity index (χ2v) is 7.41. The first-order valence-corrected chi connectivity index (χ1v) is 9.63. The van der Waals surface area contributed by atoms with E-state index in [1.165, 1.54) is 0 Å². The summed E-state index contributed by atoms with van der Waals surface area (Å²) in [6.07, 6.45) is 0. The van der Waals surface area contributed by atoms with Gasteiger partial charge in [0, 0.05) is 56.5 Å². The predicted molar refractivity (Wildman–Crippen MR) is 103 cm³/mol. The zero-order valence-electron chi connectivity index (χ0n) is 15.9. The fourth-order valence-electron chi connectivity index (χ4n) is 3.87. The number of anilines is 1. The van der Waals surface area contributed by atoms with E-state index in [4.69, 9.17) is 4.74 Å². The standard InChI is InChI=1S/C20H31N3O3/c1-3-21(2)12-17-13-23(14-18(17)15-24)20(25)16-4-6-19(7-5-16)22-8-10-26-11-9-22/h4-7,17-18,24H,3,8-15H2,1-2H3/t17-,18-/m1/s1. The highest BCUT2D eigenvalue weighted by Crippen LogP contribution is 2.26. The molecule has 1 aromatic carbocycles. The average Bonchev–Trinajstić information content (AvgIpc) is 3.10. The Kier molecular flexibility index (Phi) is 6.51. The van der Waals surface area contributed by atoms with E-state index >= 15 is 0 Å². The minimum atomic E-state index is 0.0682. The number of carbonyl (C=O) groups excluding carboxylic acids is 1. The summed E-state index contributed by atoms with van der Waals surface area (Å²) in [5.41, 5.74) is 1.87. The zero-order chi connectivity index (χ0) is 18.5. The molecule has 0 bridgehead atoms. The van der Waals surface area contributed by atoms with Crippen molar-refractivity contribution < 1.29 is 14.6 Å². The number of aliphatic hydroxyl groups is 1. The molecule has 0 spiro atoms. The van der Waals surface area contributed by atoms with Crippen LogP contribution in [0.2, 0.25) is 0 Å². The topological polar surface area (TPSA) is 56.2 Å². The minimum Gasteiger partial charge on any atom is -0.396 e. The van der Waals surface area contributed by atoms with Gasteiger partial charge in [-0.3, -0.25) is 4.79 Å². The molecule has 0 radical (unpaired) electrons. The summed E-state index contributed by atoms with van der Waals surface area (Å²) >= 11 is 0. The van der Waals surface area contributed by atoms with Crippen molar-refractivity contribution in [3.05, 3.63) is 29.8 Å². The smallest absolute Gasteiger partial charge is 0.253 e. The Balaban J connectivity index is 1.63. The van der Waals surface area contributed by atoms with Crippen molar-refractivity contribution in [3.8, 4) is 0 Å². The molecule has 0 aromatic heterocycles. The van der Waals surface area contributed by atoms with Crippen LogP contribution in [0, 0.1) is 11.8 Å². The summed E-state index contributed by atoms with van der Waals surface area (Å²) in [5.74, 6) is 0.570. The second kappa shape index (κ2) is 8.84. The van der Waals surface area contributed by atoms with E-state index in [1.807, 2.05) is 29.2 Å². The van der Waals surface area contributed by atoms with Gasteiger partial charge in [0.2, 0.25) is 0 Å². The van der Waals surface area contributed by atoms with Crippen molar-refractivity contribution in [2.24, 2.45) is 11.8 Å². The van der Waals surface area contributed by atoms with Gasteiger partial charge in [-0.1, -0.05) is 6.92 Å². The highest BCUT2D eigenvalue weighted by atomic mass is 16.5. The van der Waals surface area contributed by atoms with E-state index in [2.05, 4.69) is 23.8 Å². The Morgan fingerprint density at radius 2 is 1.85 bits per heavy atom. The molecule has 2 saturated heterocycles. The molecule has 0 unspecified atom stereocenters. The molecule has 26 heavy (non-hydrogen) atoms. The SMILES string of the molecule is CCN(C)C[C@@H]1CN(C(=O)c2ccc(N3CCOCC3)cc2)C[C@@H]1CO. The number of hydrogen-bond acceptors (Lipinski definition) is 5. The molecule has 1 N–H and O–H groups in total. The van der Waals surface area contributed by atoms with Crippen molar-refractivity contribution >= 4 is 11.6 Å². The van der Waals surface area contributed by atoms with Crippen molar-refractivity contribution in [2.45, 2.75) is 6.92 Å². The molecule has 144 valence electrons. The lowest BCUT2D eigenvalue weighted by Crippen LogP contribution is -2.36. The number of likely N-dealkylation sites (tertiary alicyclic amines) is 1. The summed E-state index contributed by atoms with van der Waals surface area (Å²) in [5, 5.41) is 9.70. The third kappa shape index (κ3) is 4.37. The van der Waals surface area contributed by atoms with Crippen molar-refractivity contribution in [1.82, 2.24) is 9.80 Å². The van der Waals surface area contributed by atoms with E-state index in [0.29, 0.717) is 12.5 Å². The van der Waals surface area contributed by atoms with Crippen LogP contribution < -0.4 is 4.90 Å². The minimum absolute atomic E-state index is 0.0682. The number of ether oxygens (including phenoxy) is 1. The van der Waals surface area contributed by atoms with Gasteiger partial charge >= 0.3 is 0 Å². The van der Waals surface area contributed by atoms with Gasteiger partial charge in [-0.15, -0.1) is 0 Å². The maximum absolute atomic E-state index is 12.9. The Morgan fingerprint density at radius 1 is 1.19 bits per heavy atom. The summed E-state index contributed by atoms with van der Waals surface area (Å²) in [7, 11) is 2.09. The molecule has 2 heterocycles. The maximum Gasteiger partial charge on any atom is 0.253 e. The highest BCUT2D eigenvalue weighted by molar-refractivity contribution is 5.94. The largest absolute Gasteiger partial charge is 0.396 e. The number of carbonyl (C=O) groups is 1. The van der Waals surface area contributed by atoms with Gasteiger partial charge in [-0.2, -0.15) is 0 Å². The van der Waals surface area contributed by atoms with Crippen LogP contribution in [-0.4, -0.2) is 87.0 Å². The van der Waals surface area contributed by atoms with Gasteiger partial charge in [0.1, 0.15) is 0 Å². The van der Waals surface area contributed by atoms with E-state index in [1.54, 1.807) is 0 Å². The Morgan fingerprint density at radius 3 is 2.46 bits per heavy atom. The van der Waals surface area contributed by atoms with E-state index < -0.39 is 0 Å². The van der Waals surface area contributed by atoms with E-state index in [9.17, 15) is 9.90 Å². The molecule has 2 aliphatic rings. The quantitative estimate of drug-likeness (QED) is 0.824. The summed E-state index contributed by atoms with van der Waals surface area (Å²) in [6, 6.07) is 7.90. The maximum atomic E-state index is 12.9. The lowest BCUT2D eigenvalue weighted by atomic mass is 9.96. The van der Waals surface area contributed by atoms with Gasteiger partial charge in [-0.05, 0) is 43.8 Å². The number of morpholine rings is 1. The summed E-state index contributed by atoms with van der Waals surface area (Å²) in [6.45, 7) is 8.82. The first-order valence-electron chi connectivity index (χ1n) is 9.63. The molecule has 3 rings (SSSR count). The summed E-state index contributed by atoms with van der Waals surface area (Å²) < 4.78 is 5.39. The van der Waals surface area contributed by atoms with Gasteiger partial charge in [0.25, 0.3) is 5.91 Å². The van der Waals surface area contributed by atoms with E-state index in [0.717, 1.165) is 57.2 Å². The first kappa shape index (κ1) is 19.1. The van der Waals surface area contributed by atoms with Crippen LogP contribution >= 0.6 is 0 Å². The van der Waals surface area contributed by atoms with Crippen LogP contribution in [-0.2, 0) is 4.74 Å². The molecule has 1 amide bonds. The number of nitrogens with zero attached hydrogens (tertiary/aromatic N) is 3. The summed E-state index contributed by atoms with van der Waals surface area (Å²) in [4.78, 5) is 19.3. The zero-order valence-corrected chi connectivity index (χ0v) is 15.9. The Hall–Kier alpha value is -1.63. The highest BCUT2D eigenvalue weighted by Gasteiger charge is 2.35. The Labute approximate surface area is 156 Å². The normalized spacial score (nSPS) is 23.7. The van der Waals surface area contributed by atoms with Gasteiger partial charge in [-0.25, -0.2) is 0 Å². The van der Waals surface area contributed by atoms with Crippen molar-refractivity contribution in [1.29, 1.82) is 0 Å². The molecule has 0 saturated carbocycles. The second-order valence-electron chi connectivity index (χ2n) is 7.41. The molecule has 2 atom stereocenters. The number of rotatable bonds is 6. The molecule has 2 aliphatic heterocycles. The molecule has 6 nitrogen and oxygen atoms in total. The van der Waals surface area contributed by atoms with Gasteiger partial charge in [0.15, 0.2) is 0 Å². The lowest BCUT2D eigenvalue weighted by molar-refractivity contribution is 0.0779. The predicted octanol–water partition coefficient (Wildman–Crippen LogP) is 1.16. The van der Waals surface area contributed by atoms with Crippen LogP contribution in [0.3, 0.4) is 0 Å². The van der Waals surface area contributed by atoms with Crippen LogP contribution in [0.5, 0.6) is 0 Å².